The number of aryl methyl sites for hydroxylation is 1. The van der Waals surface area contributed by atoms with Gasteiger partial charge in [0, 0.05) is 30.7 Å². The van der Waals surface area contributed by atoms with Crippen molar-refractivity contribution in [2.75, 3.05) is 0 Å². The summed E-state index contributed by atoms with van der Waals surface area (Å²) >= 11 is 0. The standard InChI is InChI=1S/C11H14N2O/c1-3-8-9(6-10(8)14)11-7(2)12-4-5-13-11/h4-5,8-9H,3,6H2,1-2H3. The van der Waals surface area contributed by atoms with E-state index in [1.54, 1.807) is 12.4 Å². The van der Waals surface area contributed by atoms with E-state index in [0.29, 0.717) is 18.1 Å². The maximum atomic E-state index is 11.3. The van der Waals surface area contributed by atoms with Crippen LogP contribution in [0.4, 0.5) is 0 Å². The number of ketones is 1. The van der Waals surface area contributed by atoms with Gasteiger partial charge in [-0.3, -0.25) is 14.8 Å². The maximum Gasteiger partial charge on any atom is 0.137 e. The Balaban J connectivity index is 2.25. The summed E-state index contributed by atoms with van der Waals surface area (Å²) in [4.78, 5) is 19.8. The van der Waals surface area contributed by atoms with E-state index in [1.165, 1.54) is 0 Å². The van der Waals surface area contributed by atoms with Gasteiger partial charge >= 0.3 is 0 Å². The molecular formula is C11H14N2O. The predicted molar refractivity (Wildman–Crippen MR) is 52.9 cm³/mol. The van der Waals surface area contributed by atoms with E-state index in [4.69, 9.17) is 0 Å². The highest BCUT2D eigenvalue weighted by atomic mass is 16.1. The second-order valence-electron chi connectivity index (χ2n) is 3.82. The Morgan fingerprint density at radius 3 is 2.71 bits per heavy atom. The summed E-state index contributed by atoms with van der Waals surface area (Å²) in [6.07, 6.45) is 4.97. The summed E-state index contributed by atoms with van der Waals surface area (Å²) in [6, 6.07) is 0. The van der Waals surface area contributed by atoms with Gasteiger partial charge in [-0.1, -0.05) is 6.92 Å². The SMILES string of the molecule is CCC1C(=O)CC1c1nccnc1C. The molecular weight excluding hydrogens is 176 g/mol. The van der Waals surface area contributed by atoms with Crippen LogP contribution >= 0.6 is 0 Å². The molecule has 0 radical (unpaired) electrons. The van der Waals surface area contributed by atoms with Crippen LogP contribution in [0.25, 0.3) is 0 Å². The Morgan fingerprint density at radius 1 is 1.43 bits per heavy atom. The van der Waals surface area contributed by atoms with Crippen LogP contribution in [-0.2, 0) is 4.79 Å². The molecule has 1 heterocycles. The summed E-state index contributed by atoms with van der Waals surface area (Å²) < 4.78 is 0. The Labute approximate surface area is 83.6 Å². The number of nitrogens with zero attached hydrogens (tertiary/aromatic N) is 2. The van der Waals surface area contributed by atoms with E-state index in [0.717, 1.165) is 17.8 Å². The first kappa shape index (κ1) is 9.31. The van der Waals surface area contributed by atoms with Crippen LogP contribution < -0.4 is 0 Å². The number of hydrogen-bond acceptors (Lipinski definition) is 3. The van der Waals surface area contributed by atoms with Crippen molar-refractivity contribution in [3.8, 4) is 0 Å². The topological polar surface area (TPSA) is 42.9 Å². The van der Waals surface area contributed by atoms with Crippen LogP contribution in [0, 0.1) is 12.8 Å². The molecule has 1 fully saturated rings. The van der Waals surface area contributed by atoms with Gasteiger partial charge in [-0.15, -0.1) is 0 Å². The second kappa shape index (κ2) is 3.48. The zero-order valence-corrected chi connectivity index (χ0v) is 8.53. The fraction of sp³-hybridized carbons (Fsp3) is 0.545. The normalized spacial score (nSPS) is 26.0. The first-order chi connectivity index (χ1) is 6.74. The lowest BCUT2D eigenvalue weighted by Gasteiger charge is -2.34. The molecule has 1 saturated carbocycles. The average molecular weight is 190 g/mol. The molecule has 2 atom stereocenters. The Morgan fingerprint density at radius 2 is 2.14 bits per heavy atom. The van der Waals surface area contributed by atoms with Crippen LogP contribution in [0.5, 0.6) is 0 Å². The minimum absolute atomic E-state index is 0.186. The molecule has 1 aliphatic carbocycles. The molecule has 74 valence electrons. The van der Waals surface area contributed by atoms with Crippen molar-refractivity contribution in [2.24, 2.45) is 5.92 Å². The summed E-state index contributed by atoms with van der Waals surface area (Å²) in [5.41, 5.74) is 1.97. The molecule has 0 saturated heterocycles. The second-order valence-corrected chi connectivity index (χ2v) is 3.82. The van der Waals surface area contributed by atoms with Crippen LogP contribution in [0.15, 0.2) is 12.4 Å². The maximum absolute atomic E-state index is 11.3. The monoisotopic (exact) mass is 190 g/mol. The Hall–Kier alpha value is -1.25. The third-order valence-corrected chi connectivity index (χ3v) is 3.03. The van der Waals surface area contributed by atoms with Crippen molar-refractivity contribution in [3.05, 3.63) is 23.8 Å². The Bertz CT molecular complexity index is 362. The van der Waals surface area contributed by atoms with Gasteiger partial charge in [-0.2, -0.15) is 0 Å². The van der Waals surface area contributed by atoms with Crippen LogP contribution in [-0.4, -0.2) is 15.8 Å². The zero-order valence-electron chi connectivity index (χ0n) is 8.53. The van der Waals surface area contributed by atoms with Crippen LogP contribution in [0.3, 0.4) is 0 Å². The van der Waals surface area contributed by atoms with Crippen molar-refractivity contribution in [1.82, 2.24) is 9.97 Å². The minimum atomic E-state index is 0.186. The fourth-order valence-corrected chi connectivity index (χ4v) is 2.16. The van der Waals surface area contributed by atoms with Crippen LogP contribution in [0.1, 0.15) is 37.1 Å². The van der Waals surface area contributed by atoms with E-state index in [2.05, 4.69) is 16.9 Å². The van der Waals surface area contributed by atoms with Gasteiger partial charge in [-0.05, 0) is 13.3 Å². The van der Waals surface area contributed by atoms with E-state index < -0.39 is 0 Å². The number of Topliss-reactive ketones (excluding diaryl/α,β-unsaturated/α-hetero) is 1. The molecule has 2 rings (SSSR count). The number of carbonyl (C=O) groups is 1. The molecule has 0 aliphatic heterocycles. The summed E-state index contributed by atoms with van der Waals surface area (Å²) in [6.45, 7) is 4.01. The summed E-state index contributed by atoms with van der Waals surface area (Å²) in [7, 11) is 0. The van der Waals surface area contributed by atoms with Gasteiger partial charge in [-0.25, -0.2) is 0 Å². The van der Waals surface area contributed by atoms with Crippen molar-refractivity contribution in [1.29, 1.82) is 0 Å². The van der Waals surface area contributed by atoms with Crippen molar-refractivity contribution < 1.29 is 4.79 Å². The molecule has 0 N–H and O–H groups in total. The lowest BCUT2D eigenvalue weighted by molar-refractivity contribution is -0.131. The molecule has 0 amide bonds. The van der Waals surface area contributed by atoms with Crippen molar-refractivity contribution in [3.63, 3.8) is 0 Å². The Kier molecular flexibility index (Phi) is 2.32. The predicted octanol–water partition coefficient (Wildman–Crippen LogP) is 1.87. The smallest absolute Gasteiger partial charge is 0.137 e. The van der Waals surface area contributed by atoms with Gasteiger partial charge < -0.3 is 0 Å². The molecule has 1 aliphatic rings. The van der Waals surface area contributed by atoms with Gasteiger partial charge in [0.1, 0.15) is 5.78 Å². The zero-order chi connectivity index (χ0) is 10.1. The van der Waals surface area contributed by atoms with Crippen LogP contribution in [0.2, 0.25) is 0 Å². The molecule has 0 spiro atoms. The van der Waals surface area contributed by atoms with Gasteiger partial charge in [0.15, 0.2) is 0 Å². The molecule has 1 aromatic rings. The van der Waals surface area contributed by atoms with Gasteiger partial charge in [0.2, 0.25) is 0 Å². The highest BCUT2D eigenvalue weighted by Crippen LogP contribution is 2.41. The number of hydrogen-bond donors (Lipinski definition) is 0. The van der Waals surface area contributed by atoms with E-state index in [9.17, 15) is 4.79 Å². The first-order valence-corrected chi connectivity index (χ1v) is 5.04. The molecule has 14 heavy (non-hydrogen) atoms. The third kappa shape index (κ3) is 1.33. The van der Waals surface area contributed by atoms with E-state index in [1.807, 2.05) is 6.92 Å². The lowest BCUT2D eigenvalue weighted by atomic mass is 9.69. The molecule has 3 heteroatoms. The number of aromatic nitrogens is 2. The highest BCUT2D eigenvalue weighted by Gasteiger charge is 2.40. The van der Waals surface area contributed by atoms with Crippen molar-refractivity contribution >= 4 is 5.78 Å². The third-order valence-electron chi connectivity index (χ3n) is 3.03. The largest absolute Gasteiger partial charge is 0.299 e. The quantitative estimate of drug-likeness (QED) is 0.715. The van der Waals surface area contributed by atoms with E-state index in [-0.39, 0.29) is 5.92 Å². The molecule has 0 bridgehead atoms. The molecule has 1 aromatic heterocycles. The fourth-order valence-electron chi connectivity index (χ4n) is 2.16. The molecule has 0 aromatic carbocycles. The summed E-state index contributed by atoms with van der Waals surface area (Å²) in [5.74, 6) is 0.883. The highest BCUT2D eigenvalue weighted by molar-refractivity contribution is 5.89. The van der Waals surface area contributed by atoms with Gasteiger partial charge in [0.25, 0.3) is 0 Å². The number of rotatable bonds is 2. The number of carbonyl (C=O) groups excluding carboxylic acids is 1. The summed E-state index contributed by atoms with van der Waals surface area (Å²) in [5, 5.41) is 0. The first-order valence-electron chi connectivity index (χ1n) is 5.04. The minimum Gasteiger partial charge on any atom is -0.299 e. The average Bonchev–Trinajstić information content (AvgIpc) is 2.16. The van der Waals surface area contributed by atoms with Gasteiger partial charge in [0.05, 0.1) is 11.4 Å². The van der Waals surface area contributed by atoms with Crippen molar-refractivity contribution in [2.45, 2.75) is 32.6 Å². The lowest BCUT2D eigenvalue weighted by Crippen LogP contribution is -2.35. The molecule has 2 unspecified atom stereocenters. The molecule has 3 nitrogen and oxygen atoms in total. The van der Waals surface area contributed by atoms with E-state index >= 15 is 0 Å².